The summed E-state index contributed by atoms with van der Waals surface area (Å²) in [5, 5.41) is 80.9. The first-order chi connectivity index (χ1) is 27.8. The standard InChI is InChI=1S/C40H43NO16S/c42-27(19-4-8-21(9-5-19)53-17-16-41-14-2-1-3-15-41)26-24-18-23(55-40-33(48)29(44)31(46)35(57-40)38(51)52)12-13-25(24)58-36(26)20-6-10-22(11-7-20)54-39-32(47)28(43)30(45)34(56-39)37(49)50/h4-13,18,28-35,39-40,43-48H,1-3,14-17H2,(H,49,50)(H,51,52). The Morgan fingerprint density at radius 3 is 1.76 bits per heavy atom. The summed E-state index contributed by atoms with van der Waals surface area (Å²) in [5.41, 5.74) is 1.14. The maximum absolute atomic E-state index is 14.5. The van der Waals surface area contributed by atoms with Crippen molar-refractivity contribution in [1.29, 1.82) is 0 Å². The summed E-state index contributed by atoms with van der Waals surface area (Å²) in [4.78, 5) is 40.6. The zero-order valence-electron chi connectivity index (χ0n) is 30.8. The molecular weight excluding hydrogens is 782 g/mol. The van der Waals surface area contributed by atoms with E-state index < -0.39 is 73.4 Å². The van der Waals surface area contributed by atoms with Gasteiger partial charge in [0.1, 0.15) is 60.5 Å². The molecule has 3 saturated heterocycles. The van der Waals surface area contributed by atoms with Gasteiger partial charge in [0.25, 0.3) is 0 Å². The zero-order chi connectivity index (χ0) is 41.2. The number of rotatable bonds is 13. The lowest BCUT2D eigenvalue weighted by Gasteiger charge is -2.38. The smallest absolute Gasteiger partial charge is 0.335 e. The first kappa shape index (κ1) is 41.4. The Balaban J connectivity index is 1.17. The van der Waals surface area contributed by atoms with Gasteiger partial charge >= 0.3 is 11.9 Å². The van der Waals surface area contributed by atoms with E-state index in [9.17, 15) is 55.2 Å². The van der Waals surface area contributed by atoms with Crippen LogP contribution in [-0.2, 0) is 19.1 Å². The number of carbonyl (C=O) groups excluding carboxylic acids is 1. The lowest BCUT2D eigenvalue weighted by molar-refractivity contribution is -0.271. The van der Waals surface area contributed by atoms with Gasteiger partial charge in [0.2, 0.25) is 12.6 Å². The molecule has 3 aliphatic heterocycles. The van der Waals surface area contributed by atoms with Crippen LogP contribution in [-0.4, -0.2) is 151 Å². The van der Waals surface area contributed by atoms with E-state index in [4.69, 9.17) is 23.7 Å². The fraction of sp³-hybridized carbons (Fsp3) is 0.425. The van der Waals surface area contributed by atoms with Crippen LogP contribution in [0.2, 0.25) is 0 Å². The van der Waals surface area contributed by atoms with Crippen LogP contribution in [0.3, 0.4) is 0 Å². The van der Waals surface area contributed by atoms with Gasteiger partial charge in [0.05, 0.1) is 0 Å². The maximum Gasteiger partial charge on any atom is 0.335 e. The van der Waals surface area contributed by atoms with Crippen molar-refractivity contribution in [2.45, 2.75) is 80.7 Å². The monoisotopic (exact) mass is 825 g/mol. The van der Waals surface area contributed by atoms with Gasteiger partial charge in [-0.1, -0.05) is 6.42 Å². The van der Waals surface area contributed by atoms with Crippen molar-refractivity contribution in [2.24, 2.45) is 0 Å². The summed E-state index contributed by atoms with van der Waals surface area (Å²) in [6, 6.07) is 17.6. The van der Waals surface area contributed by atoms with Gasteiger partial charge in [0, 0.05) is 32.6 Å². The van der Waals surface area contributed by atoms with Crippen LogP contribution in [0.15, 0.2) is 66.7 Å². The van der Waals surface area contributed by atoms with E-state index in [0.717, 1.165) is 19.6 Å². The van der Waals surface area contributed by atoms with E-state index in [-0.39, 0.29) is 22.8 Å². The third-order valence-corrected chi connectivity index (χ3v) is 11.6. The Kier molecular flexibility index (Phi) is 12.6. The first-order valence-corrected chi connectivity index (χ1v) is 19.5. The van der Waals surface area contributed by atoms with Crippen LogP contribution in [0, 0.1) is 0 Å². The minimum atomic E-state index is -1.91. The molecule has 10 atom stereocenters. The second kappa shape index (κ2) is 17.6. The number of thiophene rings is 1. The number of fused-ring (bicyclic) bond motifs is 1. The van der Waals surface area contributed by atoms with Gasteiger partial charge < -0.3 is 64.5 Å². The van der Waals surface area contributed by atoms with Crippen molar-refractivity contribution >= 4 is 39.1 Å². The van der Waals surface area contributed by atoms with Crippen LogP contribution < -0.4 is 14.2 Å². The van der Waals surface area contributed by atoms with E-state index in [1.807, 2.05) is 0 Å². The van der Waals surface area contributed by atoms with Crippen LogP contribution in [0.5, 0.6) is 17.2 Å². The SMILES string of the molecule is O=C(c1ccc(OCCN2CCCCC2)cc1)c1c(-c2ccc(OC3OC(C(=O)O)C(O)C(O)C3O)cc2)sc2ccc(OC3OC(C(=O)O)C(O)C(O)C3O)cc12. The molecule has 3 aliphatic rings. The number of hydrogen-bond acceptors (Lipinski definition) is 16. The summed E-state index contributed by atoms with van der Waals surface area (Å²) in [6.45, 7) is 3.37. The molecule has 310 valence electrons. The number of piperidine rings is 1. The molecule has 8 N–H and O–H groups in total. The number of aliphatic hydroxyl groups excluding tert-OH is 6. The van der Waals surface area contributed by atoms with Gasteiger partial charge in [0.15, 0.2) is 18.0 Å². The summed E-state index contributed by atoms with van der Waals surface area (Å²) in [6.07, 6.45) is -14.6. The molecule has 1 aromatic heterocycles. The summed E-state index contributed by atoms with van der Waals surface area (Å²) in [7, 11) is 0. The van der Waals surface area contributed by atoms with E-state index in [0.29, 0.717) is 38.4 Å². The Labute approximate surface area is 334 Å². The van der Waals surface area contributed by atoms with E-state index in [1.165, 1.54) is 54.9 Å². The molecule has 3 aromatic carbocycles. The lowest BCUT2D eigenvalue weighted by atomic mass is 9.97. The minimum absolute atomic E-state index is 0.0573. The molecule has 7 rings (SSSR count). The Morgan fingerprint density at radius 1 is 0.655 bits per heavy atom. The second-order valence-corrected chi connectivity index (χ2v) is 15.4. The number of likely N-dealkylation sites (tertiary alicyclic amines) is 1. The third kappa shape index (κ3) is 8.67. The number of carboxylic acids is 2. The van der Waals surface area contributed by atoms with Crippen molar-refractivity contribution < 1.29 is 78.9 Å². The highest BCUT2D eigenvalue weighted by Gasteiger charge is 2.49. The molecule has 4 heterocycles. The maximum atomic E-state index is 14.5. The molecule has 0 bridgehead atoms. The fourth-order valence-corrected chi connectivity index (χ4v) is 8.34. The van der Waals surface area contributed by atoms with Crippen molar-refractivity contribution in [3.8, 4) is 27.7 Å². The van der Waals surface area contributed by atoms with Crippen LogP contribution in [0.1, 0.15) is 35.2 Å². The van der Waals surface area contributed by atoms with Crippen LogP contribution >= 0.6 is 11.3 Å². The molecule has 0 radical (unpaired) electrons. The average molecular weight is 826 g/mol. The van der Waals surface area contributed by atoms with Crippen LogP contribution in [0.4, 0.5) is 0 Å². The lowest BCUT2D eigenvalue weighted by Crippen LogP contribution is -2.61. The zero-order valence-corrected chi connectivity index (χ0v) is 31.6. The quantitative estimate of drug-likeness (QED) is 0.0881. The van der Waals surface area contributed by atoms with Crippen molar-refractivity contribution in [3.05, 3.63) is 77.9 Å². The third-order valence-electron chi connectivity index (χ3n) is 10.4. The largest absolute Gasteiger partial charge is 0.492 e. The van der Waals surface area contributed by atoms with Crippen molar-refractivity contribution in [1.82, 2.24) is 4.90 Å². The molecule has 10 unspecified atom stereocenters. The molecule has 4 aromatic rings. The highest BCUT2D eigenvalue weighted by Crippen LogP contribution is 2.42. The highest BCUT2D eigenvalue weighted by atomic mass is 32.1. The number of aliphatic carboxylic acids is 2. The summed E-state index contributed by atoms with van der Waals surface area (Å²) >= 11 is 1.27. The number of carboxylic acid groups (broad SMARTS) is 2. The van der Waals surface area contributed by atoms with Gasteiger partial charge in [-0.3, -0.25) is 9.69 Å². The summed E-state index contributed by atoms with van der Waals surface area (Å²) in [5.74, 6) is -2.74. The fourth-order valence-electron chi connectivity index (χ4n) is 7.15. The molecule has 0 spiro atoms. The van der Waals surface area contributed by atoms with Gasteiger partial charge in [-0.25, -0.2) is 9.59 Å². The number of aliphatic hydroxyl groups is 6. The number of nitrogens with zero attached hydrogens (tertiary/aromatic N) is 1. The molecular formula is C40H43NO16S. The number of carbonyl (C=O) groups is 3. The first-order valence-electron chi connectivity index (χ1n) is 18.7. The predicted molar refractivity (Wildman–Crippen MR) is 203 cm³/mol. The van der Waals surface area contributed by atoms with E-state index in [1.54, 1.807) is 42.5 Å². The van der Waals surface area contributed by atoms with Crippen LogP contribution in [0.25, 0.3) is 20.5 Å². The summed E-state index contributed by atoms with van der Waals surface area (Å²) < 4.78 is 28.6. The highest BCUT2D eigenvalue weighted by molar-refractivity contribution is 7.22. The van der Waals surface area contributed by atoms with E-state index in [2.05, 4.69) is 4.90 Å². The number of benzene rings is 3. The molecule has 0 amide bonds. The molecule has 3 fully saturated rings. The van der Waals surface area contributed by atoms with Crippen molar-refractivity contribution in [2.75, 3.05) is 26.2 Å². The molecule has 17 nitrogen and oxygen atoms in total. The van der Waals surface area contributed by atoms with Crippen molar-refractivity contribution in [3.63, 3.8) is 0 Å². The average Bonchev–Trinajstić information content (AvgIpc) is 3.60. The number of hydrogen-bond donors (Lipinski definition) is 8. The Morgan fingerprint density at radius 2 is 1.19 bits per heavy atom. The molecule has 0 saturated carbocycles. The normalized spacial score (nSPS) is 29.1. The Bertz CT molecular complexity index is 2090. The molecule has 58 heavy (non-hydrogen) atoms. The van der Waals surface area contributed by atoms with E-state index >= 15 is 0 Å². The predicted octanol–water partition coefficient (Wildman–Crippen LogP) is 1.21. The molecule has 18 heteroatoms. The minimum Gasteiger partial charge on any atom is -0.492 e. The second-order valence-electron chi connectivity index (χ2n) is 14.3. The number of ketones is 1. The van der Waals surface area contributed by atoms with Gasteiger partial charge in [-0.15, -0.1) is 11.3 Å². The topological polar surface area (TPSA) is 262 Å². The Hall–Kier alpha value is -4.73. The molecule has 0 aliphatic carbocycles. The van der Waals surface area contributed by atoms with Gasteiger partial charge in [-0.2, -0.15) is 0 Å². The number of ether oxygens (including phenoxy) is 5. The van der Waals surface area contributed by atoms with Gasteiger partial charge in [-0.05, 0) is 98.2 Å².